The monoisotopic (exact) mass is 355 g/mol. The fraction of sp³-hybridized carbons (Fsp3) is 0. The molecule has 6 nitrogen and oxygen atoms in total. The second kappa shape index (κ2) is 11.5. The normalized spacial score (nSPS) is 5.78. The molecule has 9 heavy (non-hydrogen) atoms. The third-order valence-corrected chi connectivity index (χ3v) is 0. The van der Waals surface area contributed by atoms with Crippen LogP contribution in [0, 0.1) is 0 Å². The first-order valence-corrected chi connectivity index (χ1v) is 3.39. The van der Waals surface area contributed by atoms with Crippen LogP contribution in [0.15, 0.2) is 0 Å². The van der Waals surface area contributed by atoms with E-state index in [1.807, 2.05) is 0 Å². The SMILES string of the molecule is O=[P+](O)O.O=[P+]([O-])[O-].[Pt+2]. The number of hydrogen-bond acceptors (Lipinski definition) is 4. The minimum atomic E-state index is -3.37. The molecule has 0 aliphatic rings. The van der Waals surface area contributed by atoms with E-state index in [4.69, 9.17) is 28.7 Å². The summed E-state index contributed by atoms with van der Waals surface area (Å²) in [5, 5.41) is 0. The molecule has 0 bridgehead atoms. The summed E-state index contributed by atoms with van der Waals surface area (Å²) in [5.41, 5.74) is 0. The average molecular weight is 355 g/mol. The topological polar surface area (TPSA) is 121 Å². The van der Waals surface area contributed by atoms with Gasteiger partial charge >= 0.3 is 29.3 Å². The van der Waals surface area contributed by atoms with Crippen molar-refractivity contribution in [1.82, 2.24) is 0 Å². The molecule has 0 aliphatic heterocycles. The van der Waals surface area contributed by atoms with Crippen LogP contribution in [0.25, 0.3) is 0 Å². The molecule has 0 aromatic rings. The maximum Gasteiger partial charge on any atom is 2.00 e. The molecule has 0 amide bonds. The Morgan fingerprint density at radius 3 is 1.11 bits per heavy atom. The van der Waals surface area contributed by atoms with Crippen LogP contribution in [0.2, 0.25) is 0 Å². The zero-order chi connectivity index (χ0) is 7.15. The van der Waals surface area contributed by atoms with E-state index in [2.05, 4.69) is 0 Å². The van der Waals surface area contributed by atoms with Crippen LogP contribution in [0.4, 0.5) is 0 Å². The maximum atomic E-state index is 8.70. The fourth-order valence-electron chi connectivity index (χ4n) is 0. The Morgan fingerprint density at radius 2 is 1.11 bits per heavy atom. The van der Waals surface area contributed by atoms with Crippen molar-refractivity contribution in [3.05, 3.63) is 0 Å². The van der Waals surface area contributed by atoms with E-state index in [0.29, 0.717) is 0 Å². The molecule has 0 saturated carbocycles. The largest absolute Gasteiger partial charge is 2.00 e. The van der Waals surface area contributed by atoms with Gasteiger partial charge in [-0.2, -0.15) is 0 Å². The molecule has 0 radical (unpaired) electrons. The molecule has 0 heterocycles. The summed E-state index contributed by atoms with van der Waals surface area (Å²) < 4.78 is 17.2. The van der Waals surface area contributed by atoms with Crippen LogP contribution in [0.1, 0.15) is 0 Å². The molecule has 56 valence electrons. The van der Waals surface area contributed by atoms with E-state index in [9.17, 15) is 0 Å². The summed E-state index contributed by atoms with van der Waals surface area (Å²) in [7, 11) is -6.24. The van der Waals surface area contributed by atoms with Crippen molar-refractivity contribution in [2.24, 2.45) is 0 Å². The predicted molar refractivity (Wildman–Crippen MR) is 19.7 cm³/mol. The second-order valence-corrected chi connectivity index (χ2v) is 1.43. The first-order chi connectivity index (χ1) is 3.46. The van der Waals surface area contributed by atoms with Crippen LogP contribution >= 0.6 is 16.5 Å². The van der Waals surface area contributed by atoms with E-state index < -0.39 is 16.5 Å². The molecular formula is H2O6P2Pt+2. The third kappa shape index (κ3) is 745. The zero-order valence-corrected chi connectivity index (χ0v) is 7.80. The molecule has 0 spiro atoms. The van der Waals surface area contributed by atoms with Gasteiger partial charge in [0.25, 0.3) is 8.25 Å². The average Bonchev–Trinajstić information content (AvgIpc) is 1.25. The van der Waals surface area contributed by atoms with E-state index in [-0.39, 0.29) is 21.1 Å². The van der Waals surface area contributed by atoms with E-state index in [1.54, 1.807) is 0 Å². The van der Waals surface area contributed by atoms with E-state index in [0.717, 1.165) is 0 Å². The summed E-state index contributed by atoms with van der Waals surface area (Å²) in [6, 6.07) is 0. The molecule has 0 atom stereocenters. The van der Waals surface area contributed by atoms with E-state index >= 15 is 0 Å². The molecule has 0 rings (SSSR count). The predicted octanol–water partition coefficient (Wildman–Crippen LogP) is -2.01. The van der Waals surface area contributed by atoms with Gasteiger partial charge in [0.15, 0.2) is 0 Å². The van der Waals surface area contributed by atoms with Crippen LogP contribution in [-0.2, 0) is 30.2 Å². The summed E-state index contributed by atoms with van der Waals surface area (Å²) in [4.78, 5) is 31.2. The standard InChI is InChI=1S/2HO3P.Pt/c2*1-4(2)3;/h(H-,1,2,3);(H,1,2,3);/q;;+2. The molecule has 0 aliphatic carbocycles. The molecule has 0 saturated heterocycles. The van der Waals surface area contributed by atoms with Crippen molar-refractivity contribution in [2.75, 3.05) is 0 Å². The second-order valence-electron chi connectivity index (χ2n) is 0.476. The maximum absolute atomic E-state index is 8.70. The molecular weight excluding hydrogens is 353 g/mol. The Hall–Kier alpha value is 0.728. The van der Waals surface area contributed by atoms with Gasteiger partial charge in [0.1, 0.15) is 0 Å². The van der Waals surface area contributed by atoms with Gasteiger partial charge in [0.2, 0.25) is 0 Å². The number of hydrogen-bond donors (Lipinski definition) is 2. The van der Waals surface area contributed by atoms with Gasteiger partial charge < -0.3 is 9.79 Å². The fourth-order valence-corrected chi connectivity index (χ4v) is 0. The molecule has 0 fully saturated rings. The summed E-state index contributed by atoms with van der Waals surface area (Å²) in [5.74, 6) is 0. The van der Waals surface area contributed by atoms with Gasteiger partial charge in [-0.3, -0.25) is 0 Å². The van der Waals surface area contributed by atoms with Crippen LogP contribution in [0.5, 0.6) is 0 Å². The van der Waals surface area contributed by atoms with Gasteiger partial charge in [-0.05, 0) is 0 Å². The zero-order valence-electron chi connectivity index (χ0n) is 3.74. The third-order valence-electron chi connectivity index (χ3n) is 0. The Bertz CT molecular complexity index is 69.1. The van der Waals surface area contributed by atoms with Crippen LogP contribution < -0.4 is 9.79 Å². The van der Waals surface area contributed by atoms with Crippen molar-refractivity contribution in [3.8, 4) is 0 Å². The minimum Gasteiger partial charge on any atom is -0.598 e. The van der Waals surface area contributed by atoms with Crippen molar-refractivity contribution in [2.45, 2.75) is 0 Å². The first kappa shape index (κ1) is 16.4. The Balaban J connectivity index is -0.0000000720. The summed E-state index contributed by atoms with van der Waals surface area (Å²) >= 11 is 0. The van der Waals surface area contributed by atoms with Gasteiger partial charge in [-0.15, -0.1) is 9.79 Å². The number of rotatable bonds is 0. The van der Waals surface area contributed by atoms with Crippen molar-refractivity contribution in [1.29, 1.82) is 0 Å². The molecule has 0 aromatic heterocycles. The minimum absolute atomic E-state index is 0. The Labute approximate surface area is 66.7 Å². The molecule has 9 heteroatoms. The smallest absolute Gasteiger partial charge is 0.598 e. The first-order valence-electron chi connectivity index (χ1n) is 1.13. The van der Waals surface area contributed by atoms with Gasteiger partial charge in [-0.25, -0.2) is 0 Å². The molecule has 0 unspecified atom stereocenters. The van der Waals surface area contributed by atoms with Gasteiger partial charge in [0.05, 0.1) is 0 Å². The van der Waals surface area contributed by atoms with Crippen molar-refractivity contribution >= 4 is 16.5 Å². The Kier molecular flexibility index (Phi) is 20.9. The summed E-state index contributed by atoms with van der Waals surface area (Å²) in [6.07, 6.45) is 0. The molecule has 0 aromatic carbocycles. The Morgan fingerprint density at radius 1 is 1.11 bits per heavy atom. The van der Waals surface area contributed by atoms with Crippen molar-refractivity contribution in [3.63, 3.8) is 0 Å². The van der Waals surface area contributed by atoms with Gasteiger partial charge in [-0.1, -0.05) is 4.57 Å². The molecule has 2 N–H and O–H groups in total. The van der Waals surface area contributed by atoms with Crippen LogP contribution in [0.3, 0.4) is 0 Å². The quantitative estimate of drug-likeness (QED) is 0.485. The van der Waals surface area contributed by atoms with Gasteiger partial charge in [0, 0.05) is 4.57 Å². The van der Waals surface area contributed by atoms with Crippen molar-refractivity contribution < 1.29 is 49.8 Å². The van der Waals surface area contributed by atoms with E-state index in [1.165, 1.54) is 0 Å². The summed E-state index contributed by atoms with van der Waals surface area (Å²) in [6.45, 7) is 0. The van der Waals surface area contributed by atoms with Crippen LogP contribution in [-0.4, -0.2) is 9.79 Å².